The Morgan fingerprint density at radius 3 is 2.44 bits per heavy atom. The minimum atomic E-state index is -3.80. The van der Waals surface area contributed by atoms with Gasteiger partial charge in [-0.15, -0.1) is 0 Å². The average molecular weight is 380 g/mol. The highest BCUT2D eigenvalue weighted by Crippen LogP contribution is 2.27. The van der Waals surface area contributed by atoms with E-state index < -0.39 is 16.0 Å². The van der Waals surface area contributed by atoms with Crippen LogP contribution in [-0.2, 0) is 21.2 Å². The number of esters is 1. The van der Waals surface area contributed by atoms with Crippen LogP contribution < -0.4 is 9.86 Å². The first-order valence-corrected chi connectivity index (χ1v) is 9.98. The SMILES string of the molecule is CCCc1ccc(S(=O)(=O)Nc2cc(C(=O)OC)ccc2SN)cc1. The molecule has 2 aromatic carbocycles. The Bertz CT molecular complexity index is 849. The van der Waals surface area contributed by atoms with Crippen molar-refractivity contribution in [1.29, 1.82) is 0 Å². The first-order chi connectivity index (χ1) is 11.9. The fourth-order valence-electron chi connectivity index (χ4n) is 2.28. The minimum absolute atomic E-state index is 0.142. The third-order valence-electron chi connectivity index (χ3n) is 3.54. The van der Waals surface area contributed by atoms with Crippen molar-refractivity contribution in [2.24, 2.45) is 5.14 Å². The first-order valence-electron chi connectivity index (χ1n) is 7.62. The van der Waals surface area contributed by atoms with Gasteiger partial charge in [0.1, 0.15) is 0 Å². The van der Waals surface area contributed by atoms with E-state index in [1.54, 1.807) is 30.3 Å². The van der Waals surface area contributed by atoms with Gasteiger partial charge in [-0.3, -0.25) is 9.86 Å². The maximum Gasteiger partial charge on any atom is 0.337 e. The number of hydrogen-bond acceptors (Lipinski definition) is 6. The Balaban J connectivity index is 2.34. The van der Waals surface area contributed by atoms with Crippen LogP contribution in [0.2, 0.25) is 0 Å². The fourth-order valence-corrected chi connectivity index (χ4v) is 3.80. The molecule has 0 bridgehead atoms. The van der Waals surface area contributed by atoms with Gasteiger partial charge in [0.2, 0.25) is 0 Å². The van der Waals surface area contributed by atoms with Gasteiger partial charge in [-0.2, -0.15) is 0 Å². The number of nitrogens with one attached hydrogen (secondary N) is 1. The van der Waals surface area contributed by atoms with E-state index in [4.69, 9.17) is 5.14 Å². The summed E-state index contributed by atoms with van der Waals surface area (Å²) < 4.78 is 32.4. The van der Waals surface area contributed by atoms with Crippen LogP contribution in [0, 0.1) is 0 Å². The second-order valence-corrected chi connectivity index (χ2v) is 7.68. The summed E-state index contributed by atoms with van der Waals surface area (Å²) in [6.07, 6.45) is 1.88. The van der Waals surface area contributed by atoms with E-state index in [9.17, 15) is 13.2 Å². The molecule has 8 heteroatoms. The van der Waals surface area contributed by atoms with Gasteiger partial charge in [-0.25, -0.2) is 13.2 Å². The molecule has 0 aromatic heterocycles. The van der Waals surface area contributed by atoms with E-state index in [0.717, 1.165) is 30.4 Å². The number of sulfonamides is 1. The topological polar surface area (TPSA) is 98.5 Å². The summed E-state index contributed by atoms with van der Waals surface area (Å²) >= 11 is 0.889. The standard InChI is InChI=1S/C17H20N2O4S2/c1-3-4-12-5-8-14(9-6-12)25(21,22)19-15-11-13(17(20)23-2)7-10-16(15)24-18/h5-11,19H,3-4,18H2,1-2H3. The molecule has 0 amide bonds. The lowest BCUT2D eigenvalue weighted by Gasteiger charge is -2.13. The van der Waals surface area contributed by atoms with Crippen LogP contribution in [0.3, 0.4) is 0 Å². The van der Waals surface area contributed by atoms with Crippen molar-refractivity contribution in [3.05, 3.63) is 53.6 Å². The van der Waals surface area contributed by atoms with Crippen molar-refractivity contribution in [1.82, 2.24) is 0 Å². The summed E-state index contributed by atoms with van der Waals surface area (Å²) in [5.41, 5.74) is 1.54. The predicted molar refractivity (Wildman–Crippen MR) is 99.1 cm³/mol. The maximum absolute atomic E-state index is 12.6. The van der Waals surface area contributed by atoms with Crippen LogP contribution >= 0.6 is 11.9 Å². The molecule has 0 heterocycles. The van der Waals surface area contributed by atoms with Gasteiger partial charge < -0.3 is 4.74 Å². The molecule has 0 unspecified atom stereocenters. The third kappa shape index (κ3) is 4.75. The number of methoxy groups -OCH3 is 1. The van der Waals surface area contributed by atoms with Crippen molar-refractivity contribution in [3.8, 4) is 0 Å². The molecular weight excluding hydrogens is 360 g/mol. The number of anilines is 1. The van der Waals surface area contributed by atoms with E-state index in [0.29, 0.717) is 4.90 Å². The molecule has 2 aromatic rings. The van der Waals surface area contributed by atoms with E-state index in [1.165, 1.54) is 19.2 Å². The molecule has 3 N–H and O–H groups in total. The van der Waals surface area contributed by atoms with Gasteiger partial charge in [0.25, 0.3) is 10.0 Å². The highest BCUT2D eigenvalue weighted by atomic mass is 32.2. The van der Waals surface area contributed by atoms with E-state index in [1.807, 2.05) is 0 Å². The van der Waals surface area contributed by atoms with Crippen LogP contribution in [0.5, 0.6) is 0 Å². The van der Waals surface area contributed by atoms with Gasteiger partial charge >= 0.3 is 5.97 Å². The Hall–Kier alpha value is -2.03. The number of carbonyl (C=O) groups is 1. The smallest absolute Gasteiger partial charge is 0.337 e. The lowest BCUT2D eigenvalue weighted by molar-refractivity contribution is 0.0600. The molecule has 134 valence electrons. The highest BCUT2D eigenvalue weighted by molar-refractivity contribution is 7.97. The second kappa shape index (κ2) is 8.37. The lowest BCUT2D eigenvalue weighted by atomic mass is 10.1. The van der Waals surface area contributed by atoms with E-state index in [-0.39, 0.29) is 16.1 Å². The van der Waals surface area contributed by atoms with Crippen LogP contribution in [0.15, 0.2) is 52.3 Å². The Morgan fingerprint density at radius 1 is 1.20 bits per heavy atom. The van der Waals surface area contributed by atoms with Gasteiger partial charge in [0, 0.05) is 4.90 Å². The van der Waals surface area contributed by atoms with Crippen molar-refractivity contribution in [3.63, 3.8) is 0 Å². The predicted octanol–water partition coefficient (Wildman–Crippen LogP) is 3.19. The molecule has 0 aliphatic heterocycles. The number of hydrogen-bond donors (Lipinski definition) is 2. The quantitative estimate of drug-likeness (QED) is 0.565. The number of nitrogens with two attached hydrogens (primary N) is 1. The number of ether oxygens (including phenoxy) is 1. The monoisotopic (exact) mass is 380 g/mol. The minimum Gasteiger partial charge on any atom is -0.465 e. The Labute approximate surface area is 151 Å². The number of carbonyl (C=O) groups excluding carboxylic acids is 1. The number of benzene rings is 2. The average Bonchev–Trinajstić information content (AvgIpc) is 2.61. The summed E-state index contributed by atoms with van der Waals surface area (Å²) in [7, 11) is -2.54. The van der Waals surface area contributed by atoms with E-state index in [2.05, 4.69) is 16.4 Å². The summed E-state index contributed by atoms with van der Waals surface area (Å²) in [5, 5.41) is 5.59. The van der Waals surface area contributed by atoms with E-state index >= 15 is 0 Å². The third-order valence-corrected chi connectivity index (χ3v) is 5.54. The van der Waals surface area contributed by atoms with Crippen molar-refractivity contribution in [2.75, 3.05) is 11.8 Å². The summed E-state index contributed by atoms with van der Waals surface area (Å²) in [4.78, 5) is 12.3. The van der Waals surface area contributed by atoms with Gasteiger partial charge in [-0.1, -0.05) is 25.5 Å². The molecule has 2 rings (SSSR count). The highest BCUT2D eigenvalue weighted by Gasteiger charge is 2.18. The number of aryl methyl sites for hydroxylation is 1. The molecule has 0 atom stereocenters. The molecule has 0 radical (unpaired) electrons. The van der Waals surface area contributed by atoms with Crippen LogP contribution in [0.25, 0.3) is 0 Å². The summed E-state index contributed by atoms with van der Waals surface area (Å²) in [6, 6.07) is 11.2. The summed E-state index contributed by atoms with van der Waals surface area (Å²) in [5.74, 6) is -0.557. The zero-order chi connectivity index (χ0) is 18.4. The second-order valence-electron chi connectivity index (χ2n) is 5.32. The molecule has 0 aliphatic rings. The van der Waals surface area contributed by atoms with Crippen molar-refractivity contribution in [2.45, 2.75) is 29.6 Å². The van der Waals surface area contributed by atoms with Crippen molar-refractivity contribution >= 4 is 33.6 Å². The molecule has 0 aliphatic carbocycles. The number of rotatable bonds is 7. The normalized spacial score (nSPS) is 11.2. The first kappa shape index (κ1) is 19.3. The van der Waals surface area contributed by atoms with Crippen LogP contribution in [0.1, 0.15) is 29.3 Å². The van der Waals surface area contributed by atoms with Gasteiger partial charge in [-0.05, 0) is 54.3 Å². The molecule has 6 nitrogen and oxygen atoms in total. The molecule has 0 spiro atoms. The lowest BCUT2D eigenvalue weighted by Crippen LogP contribution is -2.14. The zero-order valence-electron chi connectivity index (χ0n) is 14.0. The van der Waals surface area contributed by atoms with Crippen LogP contribution in [0.4, 0.5) is 5.69 Å². The molecule has 0 saturated heterocycles. The van der Waals surface area contributed by atoms with Gasteiger partial charge in [0.05, 0.1) is 23.3 Å². The zero-order valence-corrected chi connectivity index (χ0v) is 15.6. The van der Waals surface area contributed by atoms with Crippen molar-refractivity contribution < 1.29 is 17.9 Å². The summed E-state index contributed by atoms with van der Waals surface area (Å²) in [6.45, 7) is 2.06. The molecular formula is C17H20N2O4S2. The largest absolute Gasteiger partial charge is 0.465 e. The van der Waals surface area contributed by atoms with Gasteiger partial charge in [0.15, 0.2) is 0 Å². The molecule has 25 heavy (non-hydrogen) atoms. The van der Waals surface area contributed by atoms with Crippen LogP contribution in [-0.4, -0.2) is 21.5 Å². The molecule has 0 fully saturated rings. The Morgan fingerprint density at radius 2 is 1.88 bits per heavy atom. The Kier molecular flexibility index (Phi) is 6.46. The fraction of sp³-hybridized carbons (Fsp3) is 0.235. The maximum atomic E-state index is 12.6. The molecule has 0 saturated carbocycles.